The summed E-state index contributed by atoms with van der Waals surface area (Å²) < 4.78 is 33.0. The lowest BCUT2D eigenvalue weighted by atomic mass is 10.1. The second-order valence-corrected chi connectivity index (χ2v) is 6.18. The predicted octanol–water partition coefficient (Wildman–Crippen LogP) is 1.85. The number of methoxy groups -OCH3 is 1. The Labute approximate surface area is 121 Å². The first-order valence-electron chi connectivity index (χ1n) is 6.94. The van der Waals surface area contributed by atoms with Crippen LogP contribution in [0.25, 0.3) is 0 Å². The normalized spacial score (nSPS) is 11.5. The van der Waals surface area contributed by atoms with Gasteiger partial charge in [0.05, 0.1) is 7.11 Å². The molecule has 0 radical (unpaired) electrons. The van der Waals surface area contributed by atoms with Crippen LogP contribution in [0.15, 0.2) is 24.3 Å². The van der Waals surface area contributed by atoms with Gasteiger partial charge < -0.3 is 4.74 Å². The first-order valence-corrected chi connectivity index (χ1v) is 8.43. The molecule has 0 fully saturated rings. The number of unbranched alkanes of at least 4 members (excludes halogenated alkanes) is 1. The van der Waals surface area contributed by atoms with Crippen LogP contribution < -0.4 is 14.2 Å². The van der Waals surface area contributed by atoms with Gasteiger partial charge in [0.1, 0.15) is 5.75 Å². The van der Waals surface area contributed by atoms with E-state index < -0.39 is 10.2 Å². The third-order valence-corrected chi connectivity index (χ3v) is 4.05. The minimum atomic E-state index is -3.31. The van der Waals surface area contributed by atoms with Crippen LogP contribution in [0.3, 0.4) is 0 Å². The van der Waals surface area contributed by atoms with E-state index in [1.807, 2.05) is 31.2 Å². The number of ether oxygens (including phenoxy) is 1. The highest BCUT2D eigenvalue weighted by Crippen LogP contribution is 2.12. The number of rotatable bonds is 10. The fourth-order valence-corrected chi connectivity index (χ4v) is 2.73. The molecule has 2 N–H and O–H groups in total. The van der Waals surface area contributed by atoms with Gasteiger partial charge in [0.2, 0.25) is 0 Å². The van der Waals surface area contributed by atoms with Gasteiger partial charge >= 0.3 is 0 Å². The molecule has 0 aliphatic heterocycles. The van der Waals surface area contributed by atoms with Gasteiger partial charge in [0, 0.05) is 13.1 Å². The molecule has 0 heterocycles. The third-order valence-electron chi connectivity index (χ3n) is 2.89. The fraction of sp³-hybridized carbons (Fsp3) is 0.571. The molecule has 1 aromatic carbocycles. The molecule has 1 aromatic rings. The van der Waals surface area contributed by atoms with Crippen LogP contribution in [0.5, 0.6) is 5.75 Å². The molecule has 0 aromatic heterocycles. The van der Waals surface area contributed by atoms with Crippen LogP contribution in [-0.2, 0) is 16.6 Å². The Morgan fingerprint density at radius 3 is 2.30 bits per heavy atom. The summed E-state index contributed by atoms with van der Waals surface area (Å²) in [5.41, 5.74) is 1.23. The highest BCUT2D eigenvalue weighted by Gasteiger charge is 2.06. The summed E-state index contributed by atoms with van der Waals surface area (Å²) >= 11 is 0. The summed E-state index contributed by atoms with van der Waals surface area (Å²) in [7, 11) is -1.67. The zero-order valence-electron chi connectivity index (χ0n) is 12.2. The van der Waals surface area contributed by atoms with E-state index in [-0.39, 0.29) is 0 Å². The standard InChI is InChI=1S/C14H24N2O3S/c1-3-11-15-20(17,18)16-12-5-4-6-13-7-9-14(19-2)10-8-13/h7-10,15-16H,3-6,11-12H2,1-2H3. The topological polar surface area (TPSA) is 67.4 Å². The molecular weight excluding hydrogens is 276 g/mol. The molecule has 0 amide bonds. The Balaban J connectivity index is 2.18. The number of aryl methyl sites for hydroxylation is 1. The summed E-state index contributed by atoms with van der Waals surface area (Å²) in [6.45, 7) is 2.87. The summed E-state index contributed by atoms with van der Waals surface area (Å²) in [4.78, 5) is 0. The van der Waals surface area contributed by atoms with Crippen molar-refractivity contribution in [3.05, 3.63) is 29.8 Å². The van der Waals surface area contributed by atoms with E-state index in [1.165, 1.54) is 5.56 Å². The lowest BCUT2D eigenvalue weighted by molar-refractivity contribution is 0.414. The van der Waals surface area contributed by atoms with Crippen molar-refractivity contribution >= 4 is 10.2 Å². The van der Waals surface area contributed by atoms with Crippen molar-refractivity contribution in [1.29, 1.82) is 0 Å². The average Bonchev–Trinajstić information content (AvgIpc) is 2.45. The van der Waals surface area contributed by atoms with E-state index in [1.54, 1.807) is 7.11 Å². The average molecular weight is 300 g/mol. The third kappa shape index (κ3) is 6.88. The van der Waals surface area contributed by atoms with E-state index >= 15 is 0 Å². The van der Waals surface area contributed by atoms with Gasteiger partial charge in [-0.15, -0.1) is 0 Å². The van der Waals surface area contributed by atoms with Crippen LogP contribution in [-0.4, -0.2) is 28.6 Å². The van der Waals surface area contributed by atoms with Gasteiger partial charge in [-0.25, -0.2) is 9.44 Å². The van der Waals surface area contributed by atoms with E-state index in [0.29, 0.717) is 13.1 Å². The molecule has 0 atom stereocenters. The number of hydrogen-bond acceptors (Lipinski definition) is 3. The second kappa shape index (κ2) is 8.94. The van der Waals surface area contributed by atoms with Crippen molar-refractivity contribution in [2.75, 3.05) is 20.2 Å². The SMILES string of the molecule is CCCNS(=O)(=O)NCCCCc1ccc(OC)cc1. The minimum Gasteiger partial charge on any atom is -0.497 e. The number of benzene rings is 1. The van der Waals surface area contributed by atoms with Gasteiger partial charge in [-0.1, -0.05) is 19.1 Å². The molecular formula is C14H24N2O3S. The Bertz CT molecular complexity index is 472. The molecule has 114 valence electrons. The largest absolute Gasteiger partial charge is 0.497 e. The summed E-state index contributed by atoms with van der Waals surface area (Å²) in [6.07, 6.45) is 3.49. The molecule has 6 heteroatoms. The molecule has 0 saturated carbocycles. The van der Waals surface area contributed by atoms with Crippen molar-refractivity contribution in [2.24, 2.45) is 0 Å². The smallest absolute Gasteiger partial charge is 0.276 e. The van der Waals surface area contributed by atoms with Gasteiger partial charge in [-0.2, -0.15) is 8.42 Å². The molecule has 0 unspecified atom stereocenters. The highest BCUT2D eigenvalue weighted by molar-refractivity contribution is 7.87. The molecule has 0 spiro atoms. The Hall–Kier alpha value is -1.11. The first-order chi connectivity index (χ1) is 9.57. The van der Waals surface area contributed by atoms with E-state index in [2.05, 4.69) is 9.44 Å². The molecule has 5 nitrogen and oxygen atoms in total. The van der Waals surface area contributed by atoms with E-state index in [4.69, 9.17) is 4.74 Å². The van der Waals surface area contributed by atoms with Crippen LogP contribution in [0, 0.1) is 0 Å². The van der Waals surface area contributed by atoms with E-state index in [0.717, 1.165) is 31.4 Å². The van der Waals surface area contributed by atoms with Crippen LogP contribution in [0.1, 0.15) is 31.7 Å². The Kier molecular flexibility index (Phi) is 7.58. The Morgan fingerprint density at radius 2 is 1.70 bits per heavy atom. The quantitative estimate of drug-likeness (QED) is 0.648. The molecule has 0 saturated heterocycles. The minimum absolute atomic E-state index is 0.467. The zero-order chi connectivity index (χ0) is 14.8. The summed E-state index contributed by atoms with van der Waals surface area (Å²) in [5, 5.41) is 0. The second-order valence-electron chi connectivity index (χ2n) is 4.60. The van der Waals surface area contributed by atoms with Crippen LogP contribution >= 0.6 is 0 Å². The lowest BCUT2D eigenvalue weighted by Gasteiger charge is -2.07. The van der Waals surface area contributed by atoms with E-state index in [9.17, 15) is 8.42 Å². The summed E-state index contributed by atoms with van der Waals surface area (Å²) in [5.74, 6) is 0.850. The maximum absolute atomic E-state index is 11.5. The van der Waals surface area contributed by atoms with Crippen molar-refractivity contribution in [3.63, 3.8) is 0 Å². The highest BCUT2D eigenvalue weighted by atomic mass is 32.2. The zero-order valence-corrected chi connectivity index (χ0v) is 13.0. The molecule has 20 heavy (non-hydrogen) atoms. The van der Waals surface area contributed by atoms with Gasteiger partial charge in [0.25, 0.3) is 10.2 Å². The lowest BCUT2D eigenvalue weighted by Crippen LogP contribution is -2.37. The molecule has 0 bridgehead atoms. The Morgan fingerprint density at radius 1 is 1.05 bits per heavy atom. The number of hydrogen-bond donors (Lipinski definition) is 2. The predicted molar refractivity (Wildman–Crippen MR) is 81.1 cm³/mol. The molecule has 1 rings (SSSR count). The number of nitrogens with one attached hydrogen (secondary N) is 2. The van der Waals surface area contributed by atoms with Crippen molar-refractivity contribution in [3.8, 4) is 5.75 Å². The monoisotopic (exact) mass is 300 g/mol. The van der Waals surface area contributed by atoms with Gasteiger partial charge in [-0.05, 0) is 43.4 Å². The van der Waals surface area contributed by atoms with Crippen LogP contribution in [0.2, 0.25) is 0 Å². The molecule has 0 aliphatic rings. The first kappa shape index (κ1) is 16.9. The fourth-order valence-electron chi connectivity index (χ4n) is 1.74. The van der Waals surface area contributed by atoms with Gasteiger partial charge in [0.15, 0.2) is 0 Å². The molecule has 0 aliphatic carbocycles. The van der Waals surface area contributed by atoms with Crippen molar-refractivity contribution in [1.82, 2.24) is 9.44 Å². The summed E-state index contributed by atoms with van der Waals surface area (Å²) in [6, 6.07) is 7.94. The maximum atomic E-state index is 11.5. The maximum Gasteiger partial charge on any atom is 0.276 e. The van der Waals surface area contributed by atoms with Crippen molar-refractivity contribution in [2.45, 2.75) is 32.6 Å². The van der Waals surface area contributed by atoms with Crippen LogP contribution in [0.4, 0.5) is 0 Å². The van der Waals surface area contributed by atoms with Crippen molar-refractivity contribution < 1.29 is 13.2 Å². The van der Waals surface area contributed by atoms with Gasteiger partial charge in [-0.3, -0.25) is 0 Å².